The molecule has 0 saturated carbocycles. The van der Waals surface area contributed by atoms with E-state index < -0.39 is 28.6 Å². The summed E-state index contributed by atoms with van der Waals surface area (Å²) in [6, 6.07) is 6.26. The number of hydrogen-bond donors (Lipinski definition) is 1. The van der Waals surface area contributed by atoms with Crippen molar-refractivity contribution in [1.29, 1.82) is 0 Å². The summed E-state index contributed by atoms with van der Waals surface area (Å²) in [5.74, 6) is 0.576. The first-order chi connectivity index (χ1) is 13.1. The van der Waals surface area contributed by atoms with Crippen LogP contribution < -0.4 is 5.73 Å². The Labute approximate surface area is 167 Å². The van der Waals surface area contributed by atoms with Gasteiger partial charge in [-0.05, 0) is 68.9 Å². The van der Waals surface area contributed by atoms with Gasteiger partial charge < -0.3 is 15.0 Å². The molecule has 7 heteroatoms. The average molecular weight is 405 g/mol. The number of carbonyl (C=O) groups is 1. The molecule has 2 heterocycles. The van der Waals surface area contributed by atoms with E-state index in [-0.39, 0.29) is 11.5 Å². The van der Waals surface area contributed by atoms with Crippen LogP contribution in [0.5, 0.6) is 0 Å². The normalized spacial score (nSPS) is 20.0. The van der Waals surface area contributed by atoms with E-state index in [1.165, 1.54) is 12.1 Å². The van der Waals surface area contributed by atoms with Gasteiger partial charge in [-0.1, -0.05) is 17.2 Å². The lowest BCUT2D eigenvalue weighted by atomic mass is 9.92. The number of nitrogens with zero attached hydrogens (tertiary/aromatic N) is 1. The van der Waals surface area contributed by atoms with Crippen LogP contribution >= 0.6 is 0 Å². The van der Waals surface area contributed by atoms with Crippen LogP contribution in [-0.2, 0) is 15.9 Å². The van der Waals surface area contributed by atoms with Gasteiger partial charge in [0.15, 0.2) is 0 Å². The maximum atomic E-state index is 14.6. The van der Waals surface area contributed by atoms with Gasteiger partial charge in [0.2, 0.25) is 0 Å². The zero-order chi connectivity index (χ0) is 20.5. The van der Waals surface area contributed by atoms with Crippen LogP contribution in [-0.4, -0.2) is 32.6 Å². The summed E-state index contributed by atoms with van der Waals surface area (Å²) in [6.45, 7) is 5.20. The van der Waals surface area contributed by atoms with Crippen LogP contribution in [0.25, 0.3) is 11.1 Å². The molecular weight excluding hydrogens is 379 g/mol. The zero-order valence-corrected chi connectivity index (χ0v) is 17.1. The Morgan fingerprint density at radius 2 is 1.96 bits per heavy atom. The first-order valence-corrected chi connectivity index (χ1v) is 10.8. The molecule has 0 amide bonds. The maximum absolute atomic E-state index is 14.6. The number of esters is 1. The molecule has 0 bridgehead atoms. The van der Waals surface area contributed by atoms with Crippen molar-refractivity contribution in [2.75, 3.05) is 17.2 Å². The second kappa shape index (κ2) is 8.09. The van der Waals surface area contributed by atoms with Crippen molar-refractivity contribution in [3.05, 3.63) is 47.4 Å². The number of rotatable bonds is 3. The van der Waals surface area contributed by atoms with Gasteiger partial charge in [0, 0.05) is 11.8 Å². The van der Waals surface area contributed by atoms with Crippen molar-refractivity contribution >= 4 is 23.0 Å². The van der Waals surface area contributed by atoms with Crippen molar-refractivity contribution < 1.29 is 18.5 Å². The molecule has 0 atom stereocenters. The van der Waals surface area contributed by atoms with Crippen molar-refractivity contribution in [3.63, 3.8) is 0 Å². The number of carbonyl (C=O) groups excluding carboxylic acids is 1. The number of nitrogens with two attached hydrogens (primary N) is 1. The average Bonchev–Trinajstić information content (AvgIpc) is 2.61. The summed E-state index contributed by atoms with van der Waals surface area (Å²) >= 11 is -0.737. The first kappa shape index (κ1) is 20.6. The summed E-state index contributed by atoms with van der Waals surface area (Å²) in [5, 5.41) is 0. The quantitative estimate of drug-likeness (QED) is 0.616. The third kappa shape index (κ3) is 4.83. The van der Waals surface area contributed by atoms with Gasteiger partial charge in [0.05, 0.1) is 5.56 Å². The smallest absolute Gasteiger partial charge is 0.341 e. The predicted octanol–water partition coefficient (Wildman–Crippen LogP) is 4.05. The van der Waals surface area contributed by atoms with Crippen molar-refractivity contribution in [3.8, 4) is 11.1 Å². The molecule has 0 radical (unpaired) electrons. The molecule has 5 nitrogen and oxygen atoms in total. The van der Waals surface area contributed by atoms with Gasteiger partial charge in [-0.25, -0.2) is 14.2 Å². The molecule has 1 saturated heterocycles. The highest BCUT2D eigenvalue weighted by atomic mass is 32.2. The fraction of sp³-hybridized carbons (Fsp3) is 0.429. The second-order valence-corrected chi connectivity index (χ2v) is 9.72. The standard InChI is InChI=1S/C21H25FN2O3S/c1-21(2,3)27-20(25)16-5-4-14(11-18(16)22)17-10-15(12-24-19(17)23)13-6-8-28(26)9-7-13/h4-5,10-13H,6-9H2,1-3H3,(H2,23,24)/t13-,28-. The van der Waals surface area contributed by atoms with Crippen LogP contribution in [0.4, 0.5) is 10.2 Å². The number of pyridine rings is 1. The van der Waals surface area contributed by atoms with E-state index in [2.05, 4.69) is 4.98 Å². The molecule has 150 valence electrons. The molecule has 1 aliphatic heterocycles. The van der Waals surface area contributed by atoms with Gasteiger partial charge in [0.1, 0.15) is 28.7 Å². The summed E-state index contributed by atoms with van der Waals surface area (Å²) < 4.78 is 31.4. The molecule has 28 heavy (non-hydrogen) atoms. The summed E-state index contributed by atoms with van der Waals surface area (Å²) in [5.41, 5.74) is 7.40. The van der Waals surface area contributed by atoms with Gasteiger partial charge in [-0.3, -0.25) is 0 Å². The number of nitrogen functional groups attached to an aromatic ring is 1. The Morgan fingerprint density at radius 3 is 2.57 bits per heavy atom. The topological polar surface area (TPSA) is 88.3 Å². The minimum Gasteiger partial charge on any atom is -0.616 e. The van der Waals surface area contributed by atoms with Crippen LogP contribution in [0.15, 0.2) is 30.5 Å². The van der Waals surface area contributed by atoms with E-state index >= 15 is 0 Å². The molecule has 2 N–H and O–H groups in total. The molecular formula is C21H25FN2O3S. The SMILES string of the molecule is CC(C)(C)OC(=O)c1ccc(-c2cc([C@H]3CC[S@+]([O-])CC3)cnc2N)cc1F. The Kier molecular flexibility index (Phi) is 5.95. The van der Waals surface area contributed by atoms with E-state index in [0.29, 0.717) is 28.5 Å². The fourth-order valence-electron chi connectivity index (χ4n) is 3.25. The number of hydrogen-bond acceptors (Lipinski definition) is 5. The lowest BCUT2D eigenvalue weighted by molar-refractivity contribution is 0.00647. The third-order valence-electron chi connectivity index (χ3n) is 4.70. The second-order valence-electron chi connectivity index (χ2n) is 8.02. The molecule has 1 aliphatic rings. The van der Waals surface area contributed by atoms with Crippen molar-refractivity contribution in [2.24, 2.45) is 0 Å². The van der Waals surface area contributed by atoms with Crippen molar-refractivity contribution in [1.82, 2.24) is 4.98 Å². The molecule has 1 fully saturated rings. The van der Waals surface area contributed by atoms with Gasteiger partial charge in [0.25, 0.3) is 0 Å². The van der Waals surface area contributed by atoms with Gasteiger partial charge in [-0.2, -0.15) is 0 Å². The van der Waals surface area contributed by atoms with E-state index in [4.69, 9.17) is 10.5 Å². The first-order valence-electron chi connectivity index (χ1n) is 9.28. The molecule has 0 spiro atoms. The number of anilines is 1. The highest BCUT2D eigenvalue weighted by Crippen LogP contribution is 2.34. The lowest BCUT2D eigenvalue weighted by Gasteiger charge is -2.24. The van der Waals surface area contributed by atoms with E-state index in [0.717, 1.165) is 18.4 Å². The molecule has 1 aromatic carbocycles. The van der Waals surface area contributed by atoms with Crippen molar-refractivity contribution in [2.45, 2.75) is 45.1 Å². The zero-order valence-electron chi connectivity index (χ0n) is 16.3. The third-order valence-corrected chi connectivity index (χ3v) is 6.08. The lowest BCUT2D eigenvalue weighted by Crippen LogP contribution is -2.24. The van der Waals surface area contributed by atoms with Gasteiger partial charge >= 0.3 is 5.97 Å². The number of aromatic nitrogens is 1. The van der Waals surface area contributed by atoms with Crippen LogP contribution in [0.3, 0.4) is 0 Å². The van der Waals surface area contributed by atoms with Gasteiger partial charge in [-0.15, -0.1) is 0 Å². The Morgan fingerprint density at radius 1 is 1.29 bits per heavy atom. The Balaban J connectivity index is 1.88. The van der Waals surface area contributed by atoms with E-state index in [9.17, 15) is 13.7 Å². The highest BCUT2D eigenvalue weighted by molar-refractivity contribution is 7.91. The minimum atomic E-state index is -0.737. The fourth-order valence-corrected chi connectivity index (χ4v) is 4.55. The molecule has 2 aromatic rings. The summed E-state index contributed by atoms with van der Waals surface area (Å²) in [6.07, 6.45) is 3.41. The van der Waals surface area contributed by atoms with Crippen LogP contribution in [0.2, 0.25) is 0 Å². The maximum Gasteiger partial charge on any atom is 0.341 e. The largest absolute Gasteiger partial charge is 0.616 e. The highest BCUT2D eigenvalue weighted by Gasteiger charge is 2.25. The van der Waals surface area contributed by atoms with E-state index in [1.54, 1.807) is 33.0 Å². The molecule has 1 aromatic heterocycles. The Hall–Kier alpha value is -2.12. The van der Waals surface area contributed by atoms with E-state index in [1.807, 2.05) is 6.07 Å². The molecule has 3 rings (SSSR count). The predicted molar refractivity (Wildman–Crippen MR) is 109 cm³/mol. The summed E-state index contributed by atoms with van der Waals surface area (Å²) in [7, 11) is 0. The number of benzene rings is 1. The summed E-state index contributed by atoms with van der Waals surface area (Å²) in [4.78, 5) is 16.4. The molecule has 0 unspecified atom stereocenters. The number of ether oxygens (including phenoxy) is 1. The number of halogens is 1. The molecule has 0 aliphatic carbocycles. The minimum absolute atomic E-state index is 0.115. The Bertz CT molecular complexity index is 874. The monoisotopic (exact) mass is 404 g/mol. The van der Waals surface area contributed by atoms with Crippen LogP contribution in [0.1, 0.15) is 55.5 Å². The van der Waals surface area contributed by atoms with Crippen LogP contribution in [0, 0.1) is 5.82 Å².